The summed E-state index contributed by atoms with van der Waals surface area (Å²) in [4.78, 5) is 25.2. The quantitative estimate of drug-likeness (QED) is 0.472. The number of ether oxygens (including phenoxy) is 1. The second kappa shape index (κ2) is 10.3. The summed E-state index contributed by atoms with van der Waals surface area (Å²) in [6.45, 7) is 6.14. The van der Waals surface area contributed by atoms with Crippen LogP contribution in [0.3, 0.4) is 0 Å². The molecule has 0 fully saturated rings. The predicted octanol–water partition coefficient (Wildman–Crippen LogP) is 4.52. The maximum Gasteiger partial charge on any atom is 0.229 e. The van der Waals surface area contributed by atoms with Gasteiger partial charge in [-0.2, -0.15) is 4.98 Å². The van der Waals surface area contributed by atoms with Crippen LogP contribution in [-0.4, -0.2) is 36.6 Å². The average molecular weight is 444 g/mol. The number of fused-ring (bicyclic) bond motifs is 4. The standard InChI is InChI=1S/C26H29N5O2/c1-19-8-6-9-20(2)24(19)31(18-32)16-22-15-27-26-28-23-11-7-10-21(14-23)17-33-13-5-4-12-30(3)25(22)29-26/h4-11,14-15,18H,12-13,16-17H2,1-3H3,(H,27,28,29)/b5-4-. The van der Waals surface area contributed by atoms with E-state index in [9.17, 15) is 4.79 Å². The normalized spacial score (nSPS) is 14.7. The molecule has 0 unspecified atom stereocenters. The van der Waals surface area contributed by atoms with E-state index in [0.29, 0.717) is 32.3 Å². The third kappa shape index (κ3) is 5.38. The van der Waals surface area contributed by atoms with Crippen molar-refractivity contribution in [1.29, 1.82) is 0 Å². The van der Waals surface area contributed by atoms with Gasteiger partial charge in [-0.05, 0) is 42.7 Å². The Kier molecular flexibility index (Phi) is 7.00. The Morgan fingerprint density at radius 3 is 2.73 bits per heavy atom. The third-order valence-electron chi connectivity index (χ3n) is 5.61. The lowest BCUT2D eigenvalue weighted by Crippen LogP contribution is -2.26. The fraction of sp³-hybridized carbons (Fsp3) is 0.269. The first-order valence-corrected chi connectivity index (χ1v) is 11.0. The first-order valence-electron chi connectivity index (χ1n) is 11.0. The lowest BCUT2D eigenvalue weighted by Gasteiger charge is -2.25. The molecule has 4 rings (SSSR count). The van der Waals surface area contributed by atoms with E-state index in [4.69, 9.17) is 9.72 Å². The molecule has 170 valence electrons. The molecule has 0 atom stereocenters. The molecule has 1 aliphatic heterocycles. The zero-order valence-corrected chi connectivity index (χ0v) is 19.3. The van der Waals surface area contributed by atoms with Gasteiger partial charge in [0.15, 0.2) is 0 Å². The first-order chi connectivity index (χ1) is 16.0. The Hall–Kier alpha value is -3.71. The minimum Gasteiger partial charge on any atom is -0.373 e. The third-order valence-corrected chi connectivity index (χ3v) is 5.61. The molecule has 0 radical (unpaired) electrons. The van der Waals surface area contributed by atoms with E-state index >= 15 is 0 Å². The zero-order valence-electron chi connectivity index (χ0n) is 19.3. The van der Waals surface area contributed by atoms with Crippen molar-refractivity contribution in [2.75, 3.05) is 35.3 Å². The van der Waals surface area contributed by atoms with Crippen LogP contribution in [0, 0.1) is 13.8 Å². The Morgan fingerprint density at radius 1 is 1.15 bits per heavy atom. The van der Waals surface area contributed by atoms with Crippen LogP contribution in [0.5, 0.6) is 0 Å². The Morgan fingerprint density at radius 2 is 1.94 bits per heavy atom. The van der Waals surface area contributed by atoms with Gasteiger partial charge in [0.05, 0.1) is 19.8 Å². The molecular weight excluding hydrogens is 414 g/mol. The number of nitrogens with one attached hydrogen (secondary N) is 1. The van der Waals surface area contributed by atoms with Crippen LogP contribution in [0.1, 0.15) is 22.3 Å². The van der Waals surface area contributed by atoms with Gasteiger partial charge in [-0.25, -0.2) is 4.98 Å². The van der Waals surface area contributed by atoms with Crippen LogP contribution in [0.15, 0.2) is 60.8 Å². The molecule has 2 heterocycles. The number of benzene rings is 2. The molecule has 3 aromatic rings. The second-order valence-electron chi connectivity index (χ2n) is 8.21. The van der Waals surface area contributed by atoms with Crippen LogP contribution in [-0.2, 0) is 22.7 Å². The van der Waals surface area contributed by atoms with Crippen molar-refractivity contribution in [3.8, 4) is 0 Å². The van der Waals surface area contributed by atoms with Crippen LogP contribution in [0.25, 0.3) is 0 Å². The molecule has 0 saturated heterocycles. The maximum absolute atomic E-state index is 12.1. The summed E-state index contributed by atoms with van der Waals surface area (Å²) in [5, 5.41) is 3.30. The highest BCUT2D eigenvalue weighted by Gasteiger charge is 2.18. The highest BCUT2D eigenvalue weighted by atomic mass is 16.5. The summed E-state index contributed by atoms with van der Waals surface area (Å²) in [7, 11) is 1.98. The molecule has 0 saturated carbocycles. The topological polar surface area (TPSA) is 70.6 Å². The molecule has 1 aliphatic rings. The van der Waals surface area contributed by atoms with Crippen molar-refractivity contribution in [3.63, 3.8) is 0 Å². The predicted molar refractivity (Wildman–Crippen MR) is 132 cm³/mol. The van der Waals surface area contributed by atoms with Crippen molar-refractivity contribution in [2.45, 2.75) is 27.0 Å². The lowest BCUT2D eigenvalue weighted by molar-refractivity contribution is -0.107. The van der Waals surface area contributed by atoms with E-state index in [-0.39, 0.29) is 0 Å². The average Bonchev–Trinajstić information content (AvgIpc) is 2.81. The number of anilines is 4. The Bertz CT molecular complexity index is 1140. The van der Waals surface area contributed by atoms with Crippen LogP contribution in [0.4, 0.5) is 23.1 Å². The number of amides is 1. The molecular formula is C26H29N5O2. The minimum atomic E-state index is 0.372. The van der Waals surface area contributed by atoms with E-state index in [1.54, 1.807) is 11.1 Å². The molecule has 33 heavy (non-hydrogen) atoms. The molecule has 1 N–H and O–H groups in total. The smallest absolute Gasteiger partial charge is 0.229 e. The lowest BCUT2D eigenvalue weighted by atomic mass is 10.1. The number of rotatable bonds is 4. The number of nitrogens with zero attached hydrogens (tertiary/aromatic N) is 4. The summed E-state index contributed by atoms with van der Waals surface area (Å²) in [5.74, 6) is 1.27. The number of hydrogen-bond acceptors (Lipinski definition) is 6. The van der Waals surface area contributed by atoms with Gasteiger partial charge in [-0.3, -0.25) is 4.79 Å². The number of carbonyl (C=O) groups is 1. The summed E-state index contributed by atoms with van der Waals surface area (Å²) in [6, 6.07) is 14.1. The van der Waals surface area contributed by atoms with E-state index in [1.165, 1.54) is 0 Å². The van der Waals surface area contributed by atoms with Gasteiger partial charge in [-0.15, -0.1) is 0 Å². The monoisotopic (exact) mass is 443 g/mol. The van der Waals surface area contributed by atoms with Crippen molar-refractivity contribution in [2.24, 2.45) is 0 Å². The highest BCUT2D eigenvalue weighted by Crippen LogP contribution is 2.28. The van der Waals surface area contributed by atoms with Crippen LogP contribution >= 0.6 is 0 Å². The number of para-hydroxylation sites is 1. The van der Waals surface area contributed by atoms with E-state index in [0.717, 1.165) is 45.9 Å². The number of aryl methyl sites for hydroxylation is 2. The van der Waals surface area contributed by atoms with E-state index in [2.05, 4.69) is 21.3 Å². The number of carbonyl (C=O) groups excluding carboxylic acids is 1. The minimum absolute atomic E-state index is 0.372. The fourth-order valence-electron chi connectivity index (χ4n) is 4.01. The molecule has 0 aliphatic carbocycles. The molecule has 2 aromatic carbocycles. The second-order valence-corrected chi connectivity index (χ2v) is 8.21. The van der Waals surface area contributed by atoms with Crippen molar-refractivity contribution < 1.29 is 9.53 Å². The molecule has 1 aromatic heterocycles. The van der Waals surface area contributed by atoms with Crippen LogP contribution < -0.4 is 15.1 Å². The highest BCUT2D eigenvalue weighted by molar-refractivity contribution is 5.79. The number of likely N-dealkylation sites (N-methyl/N-ethyl adjacent to an activating group) is 1. The van der Waals surface area contributed by atoms with Gasteiger partial charge >= 0.3 is 0 Å². The van der Waals surface area contributed by atoms with E-state index < -0.39 is 0 Å². The van der Waals surface area contributed by atoms with Crippen molar-refractivity contribution in [3.05, 3.63) is 83.1 Å². The first kappa shape index (κ1) is 22.5. The van der Waals surface area contributed by atoms with Gasteiger partial charge in [0.2, 0.25) is 12.4 Å². The summed E-state index contributed by atoms with van der Waals surface area (Å²) in [5.41, 5.74) is 5.86. The Labute approximate surface area is 194 Å². The zero-order chi connectivity index (χ0) is 23.2. The van der Waals surface area contributed by atoms with Crippen LogP contribution in [0.2, 0.25) is 0 Å². The Balaban J connectivity index is 1.71. The molecule has 0 spiro atoms. The number of hydrogen-bond donors (Lipinski definition) is 1. The van der Waals surface area contributed by atoms with Gasteiger partial charge in [0, 0.05) is 36.7 Å². The SMILES string of the molecule is Cc1cccc(C)c1N(C=O)Cc1cnc2nc1N(C)C/C=C\COCc1cccc(c1)N2. The molecule has 7 heteroatoms. The largest absolute Gasteiger partial charge is 0.373 e. The summed E-state index contributed by atoms with van der Waals surface area (Å²) in [6.07, 6.45) is 6.75. The van der Waals surface area contributed by atoms with Gasteiger partial charge < -0.3 is 19.9 Å². The molecule has 4 bridgehead atoms. The molecule has 7 nitrogen and oxygen atoms in total. The molecule has 1 amide bonds. The fourth-order valence-corrected chi connectivity index (χ4v) is 4.01. The van der Waals surface area contributed by atoms with Gasteiger partial charge in [0.25, 0.3) is 0 Å². The maximum atomic E-state index is 12.1. The van der Waals surface area contributed by atoms with Crippen molar-refractivity contribution in [1.82, 2.24) is 9.97 Å². The van der Waals surface area contributed by atoms with Gasteiger partial charge in [0.1, 0.15) is 5.82 Å². The van der Waals surface area contributed by atoms with Gasteiger partial charge in [-0.1, -0.05) is 42.5 Å². The summed E-state index contributed by atoms with van der Waals surface area (Å²) >= 11 is 0. The summed E-state index contributed by atoms with van der Waals surface area (Å²) < 4.78 is 5.76. The van der Waals surface area contributed by atoms with E-state index in [1.807, 2.05) is 69.4 Å². The van der Waals surface area contributed by atoms with Crippen molar-refractivity contribution >= 4 is 29.6 Å². The number of aromatic nitrogens is 2.